The van der Waals surface area contributed by atoms with Crippen molar-refractivity contribution in [3.8, 4) is 5.69 Å². The lowest BCUT2D eigenvalue weighted by atomic mass is 10.0. The van der Waals surface area contributed by atoms with Crippen molar-refractivity contribution in [2.75, 3.05) is 0 Å². The summed E-state index contributed by atoms with van der Waals surface area (Å²) in [5, 5.41) is 7.97. The largest absolute Gasteiger partial charge is 0.303 e. The third kappa shape index (κ3) is 2.85. The molecule has 1 aliphatic carbocycles. The zero-order valence-electron chi connectivity index (χ0n) is 14.1. The zero-order chi connectivity index (χ0) is 16.5. The number of hydrogen-bond donors (Lipinski definition) is 1. The van der Waals surface area contributed by atoms with E-state index in [0.29, 0.717) is 12.1 Å². The molecule has 0 saturated heterocycles. The van der Waals surface area contributed by atoms with Crippen molar-refractivity contribution in [1.29, 1.82) is 0 Å². The van der Waals surface area contributed by atoms with Gasteiger partial charge in [0, 0.05) is 12.1 Å². The van der Waals surface area contributed by atoms with E-state index in [1.807, 2.05) is 0 Å². The maximum absolute atomic E-state index is 4.17. The topological polar surface area (TPSA) is 42.7 Å². The van der Waals surface area contributed by atoms with Gasteiger partial charge in [0.1, 0.15) is 12.7 Å². The lowest BCUT2D eigenvalue weighted by Crippen LogP contribution is -2.23. The van der Waals surface area contributed by atoms with Gasteiger partial charge in [0.25, 0.3) is 0 Å². The zero-order valence-corrected chi connectivity index (χ0v) is 14.1. The minimum atomic E-state index is 0.311. The first-order valence-electron chi connectivity index (χ1n) is 8.51. The standard InChI is InChI=1S/C20H22N4/c1-14-3-4-17-7-10-20(19(17)11-14)23-15(2)16-5-8-18(9-6-16)24-13-21-12-22-24/h3-6,8-9,11-13,15,20,23H,7,10H2,1-2H3. The summed E-state index contributed by atoms with van der Waals surface area (Å²) in [6.07, 6.45) is 5.62. The van der Waals surface area contributed by atoms with E-state index in [4.69, 9.17) is 0 Å². The summed E-state index contributed by atoms with van der Waals surface area (Å²) in [6.45, 7) is 4.40. The Morgan fingerprint density at radius 1 is 1.17 bits per heavy atom. The summed E-state index contributed by atoms with van der Waals surface area (Å²) in [4.78, 5) is 3.99. The second-order valence-electron chi connectivity index (χ2n) is 6.61. The van der Waals surface area contributed by atoms with Crippen LogP contribution in [0.15, 0.2) is 55.1 Å². The van der Waals surface area contributed by atoms with E-state index >= 15 is 0 Å². The normalized spacial score (nSPS) is 17.7. The molecule has 122 valence electrons. The van der Waals surface area contributed by atoms with E-state index in [0.717, 1.165) is 5.69 Å². The summed E-state index contributed by atoms with van der Waals surface area (Å²) in [6, 6.07) is 16.1. The van der Waals surface area contributed by atoms with Crippen molar-refractivity contribution in [2.45, 2.75) is 38.8 Å². The lowest BCUT2D eigenvalue weighted by molar-refractivity contribution is 0.465. The third-order valence-electron chi connectivity index (χ3n) is 4.91. The molecule has 1 aliphatic rings. The van der Waals surface area contributed by atoms with E-state index in [2.05, 4.69) is 71.7 Å². The highest BCUT2D eigenvalue weighted by atomic mass is 15.3. The maximum Gasteiger partial charge on any atom is 0.138 e. The molecule has 3 aromatic rings. The van der Waals surface area contributed by atoms with E-state index < -0.39 is 0 Å². The second kappa shape index (κ2) is 6.21. The minimum absolute atomic E-state index is 0.311. The van der Waals surface area contributed by atoms with Gasteiger partial charge in [-0.15, -0.1) is 0 Å². The Bertz CT molecular complexity index is 821. The van der Waals surface area contributed by atoms with E-state index in [1.54, 1.807) is 17.3 Å². The molecule has 2 aromatic carbocycles. The highest BCUT2D eigenvalue weighted by Crippen LogP contribution is 2.33. The van der Waals surface area contributed by atoms with Gasteiger partial charge in [-0.25, -0.2) is 9.67 Å². The maximum atomic E-state index is 4.17. The molecule has 0 saturated carbocycles. The molecule has 0 spiro atoms. The van der Waals surface area contributed by atoms with Crippen LogP contribution in [0.2, 0.25) is 0 Å². The molecule has 4 nitrogen and oxygen atoms in total. The Kier molecular flexibility index (Phi) is 3.90. The molecule has 24 heavy (non-hydrogen) atoms. The first kappa shape index (κ1) is 15.1. The number of nitrogens with zero attached hydrogens (tertiary/aromatic N) is 3. The highest BCUT2D eigenvalue weighted by molar-refractivity contribution is 5.38. The van der Waals surface area contributed by atoms with Gasteiger partial charge in [0.05, 0.1) is 5.69 Å². The number of fused-ring (bicyclic) bond motifs is 1. The smallest absolute Gasteiger partial charge is 0.138 e. The molecule has 0 amide bonds. The van der Waals surface area contributed by atoms with Crippen LogP contribution in [0.4, 0.5) is 0 Å². The fourth-order valence-electron chi connectivity index (χ4n) is 3.55. The summed E-state index contributed by atoms with van der Waals surface area (Å²) < 4.78 is 1.78. The summed E-state index contributed by atoms with van der Waals surface area (Å²) in [7, 11) is 0. The van der Waals surface area contributed by atoms with Crippen LogP contribution in [0.3, 0.4) is 0 Å². The molecule has 0 aliphatic heterocycles. The third-order valence-corrected chi connectivity index (χ3v) is 4.91. The number of hydrogen-bond acceptors (Lipinski definition) is 3. The highest BCUT2D eigenvalue weighted by Gasteiger charge is 2.23. The fraction of sp³-hybridized carbons (Fsp3) is 0.300. The molecule has 0 radical (unpaired) electrons. The fourth-order valence-corrected chi connectivity index (χ4v) is 3.55. The molecule has 1 heterocycles. The van der Waals surface area contributed by atoms with Crippen molar-refractivity contribution >= 4 is 0 Å². The van der Waals surface area contributed by atoms with E-state index in [9.17, 15) is 0 Å². The summed E-state index contributed by atoms with van der Waals surface area (Å²) >= 11 is 0. The number of benzene rings is 2. The Labute approximate surface area is 142 Å². The van der Waals surface area contributed by atoms with E-state index in [1.165, 1.54) is 35.1 Å². The number of aromatic nitrogens is 3. The second-order valence-corrected chi connectivity index (χ2v) is 6.61. The minimum Gasteiger partial charge on any atom is -0.303 e. The van der Waals surface area contributed by atoms with Crippen LogP contribution >= 0.6 is 0 Å². The molecular formula is C20H22N4. The average molecular weight is 318 g/mol. The van der Waals surface area contributed by atoms with Crippen LogP contribution in [0.5, 0.6) is 0 Å². The number of rotatable bonds is 4. The molecule has 1 N–H and O–H groups in total. The van der Waals surface area contributed by atoms with Gasteiger partial charge in [-0.1, -0.05) is 35.9 Å². The van der Waals surface area contributed by atoms with Crippen LogP contribution in [-0.4, -0.2) is 14.8 Å². The average Bonchev–Trinajstić information content (AvgIpc) is 3.25. The Balaban J connectivity index is 1.49. The summed E-state index contributed by atoms with van der Waals surface area (Å²) in [5.41, 5.74) is 6.63. The van der Waals surface area contributed by atoms with Crippen LogP contribution < -0.4 is 5.32 Å². The first-order chi connectivity index (χ1) is 11.7. The van der Waals surface area contributed by atoms with Crippen LogP contribution in [0.25, 0.3) is 5.69 Å². The van der Waals surface area contributed by atoms with Crippen molar-refractivity contribution in [3.05, 3.63) is 77.4 Å². The molecule has 2 unspecified atom stereocenters. The molecule has 4 heteroatoms. The van der Waals surface area contributed by atoms with Gasteiger partial charge < -0.3 is 5.32 Å². The Morgan fingerprint density at radius 2 is 2.00 bits per heavy atom. The summed E-state index contributed by atoms with van der Waals surface area (Å²) in [5.74, 6) is 0. The van der Waals surface area contributed by atoms with Crippen LogP contribution in [-0.2, 0) is 6.42 Å². The molecule has 1 aromatic heterocycles. The Hall–Kier alpha value is -2.46. The Morgan fingerprint density at radius 3 is 2.75 bits per heavy atom. The number of aryl methyl sites for hydroxylation is 2. The van der Waals surface area contributed by atoms with Gasteiger partial charge in [-0.05, 0) is 55.5 Å². The van der Waals surface area contributed by atoms with Gasteiger partial charge in [0.2, 0.25) is 0 Å². The first-order valence-corrected chi connectivity index (χ1v) is 8.51. The molecule has 4 rings (SSSR count). The van der Waals surface area contributed by atoms with Crippen LogP contribution in [0.1, 0.15) is 47.7 Å². The quantitative estimate of drug-likeness (QED) is 0.793. The molecule has 2 atom stereocenters. The van der Waals surface area contributed by atoms with E-state index in [-0.39, 0.29) is 0 Å². The monoisotopic (exact) mass is 318 g/mol. The molecular weight excluding hydrogens is 296 g/mol. The van der Waals surface area contributed by atoms with Gasteiger partial charge >= 0.3 is 0 Å². The SMILES string of the molecule is Cc1ccc2c(c1)C(NC(C)c1ccc(-n3cncn3)cc1)CC2. The molecule has 0 bridgehead atoms. The molecule has 0 fully saturated rings. The predicted octanol–water partition coefficient (Wildman–Crippen LogP) is 3.91. The predicted molar refractivity (Wildman–Crippen MR) is 95.2 cm³/mol. The van der Waals surface area contributed by atoms with Crippen molar-refractivity contribution in [3.63, 3.8) is 0 Å². The van der Waals surface area contributed by atoms with Crippen LogP contribution in [0, 0.1) is 6.92 Å². The number of nitrogens with one attached hydrogen (secondary N) is 1. The lowest BCUT2D eigenvalue weighted by Gasteiger charge is -2.21. The van der Waals surface area contributed by atoms with Crippen molar-refractivity contribution in [2.24, 2.45) is 0 Å². The van der Waals surface area contributed by atoms with Gasteiger partial charge in [-0.2, -0.15) is 5.10 Å². The van der Waals surface area contributed by atoms with Gasteiger partial charge in [0.15, 0.2) is 0 Å². The van der Waals surface area contributed by atoms with Crippen molar-refractivity contribution in [1.82, 2.24) is 20.1 Å². The van der Waals surface area contributed by atoms with Crippen molar-refractivity contribution < 1.29 is 0 Å². The van der Waals surface area contributed by atoms with Gasteiger partial charge in [-0.3, -0.25) is 0 Å².